The van der Waals surface area contributed by atoms with Crippen molar-refractivity contribution in [2.24, 2.45) is 0 Å². The Labute approximate surface area is 169 Å². The number of ether oxygens (including phenoxy) is 1. The average Bonchev–Trinajstić information content (AvgIpc) is 3.17. The molecule has 1 atom stereocenters. The molecule has 2 aliphatic rings. The molecule has 0 radical (unpaired) electrons. The van der Waals surface area contributed by atoms with Gasteiger partial charge < -0.3 is 15.4 Å². The quantitative estimate of drug-likeness (QED) is 0.509. The Morgan fingerprint density at radius 1 is 1.27 bits per heavy atom. The molecule has 156 valence electrons. The molecule has 3 aromatic rings. The van der Waals surface area contributed by atoms with Crippen LogP contribution in [0, 0.1) is 6.92 Å². The Morgan fingerprint density at radius 3 is 2.93 bits per heavy atom. The van der Waals surface area contributed by atoms with Crippen molar-refractivity contribution >= 4 is 17.4 Å². The van der Waals surface area contributed by atoms with Crippen LogP contribution in [-0.2, 0) is 6.42 Å². The van der Waals surface area contributed by atoms with Gasteiger partial charge in [0.25, 0.3) is 11.5 Å². The van der Waals surface area contributed by atoms with Crippen LogP contribution >= 0.6 is 0 Å². The van der Waals surface area contributed by atoms with E-state index in [-0.39, 0.29) is 17.6 Å². The third-order valence-corrected chi connectivity index (χ3v) is 5.88. The summed E-state index contributed by atoms with van der Waals surface area (Å²) < 4.78 is 7.50. The number of aryl methyl sites for hydroxylation is 1. The molecule has 11 heteroatoms. The van der Waals surface area contributed by atoms with Gasteiger partial charge in [0.05, 0.1) is 11.3 Å². The first-order chi connectivity index (χ1) is 14.3. The van der Waals surface area contributed by atoms with Gasteiger partial charge >= 0.3 is 5.69 Å². The number of aromatic amines is 2. The van der Waals surface area contributed by atoms with Crippen LogP contribution in [0.1, 0.15) is 40.9 Å². The molecule has 5 rings (SSSR count). The van der Waals surface area contributed by atoms with Crippen molar-refractivity contribution in [3.8, 4) is 5.88 Å². The van der Waals surface area contributed by atoms with Crippen molar-refractivity contribution < 1.29 is 9.53 Å². The Bertz CT molecular complexity index is 1290. The lowest BCUT2D eigenvalue weighted by atomic mass is 9.90. The van der Waals surface area contributed by atoms with Crippen LogP contribution in [0.3, 0.4) is 0 Å². The number of likely N-dealkylation sites (tertiary alicyclic amines) is 1. The summed E-state index contributed by atoms with van der Waals surface area (Å²) in [4.78, 5) is 47.6. The number of aromatic nitrogens is 5. The normalized spacial score (nSPS) is 20.9. The van der Waals surface area contributed by atoms with Gasteiger partial charge in [-0.3, -0.25) is 19.6 Å². The number of hydrogen-bond acceptors (Lipinski definition) is 7. The number of nitrogens with one attached hydrogen (secondary N) is 2. The number of nitrogen functional groups attached to an aromatic ring is 1. The molecule has 2 aliphatic heterocycles. The molecule has 1 unspecified atom stereocenters. The van der Waals surface area contributed by atoms with Crippen molar-refractivity contribution in [2.45, 2.75) is 38.2 Å². The number of nitrogens with two attached hydrogens (primary N) is 1. The Hall–Kier alpha value is -3.63. The van der Waals surface area contributed by atoms with E-state index in [2.05, 4.69) is 20.1 Å². The second kappa shape index (κ2) is 6.44. The van der Waals surface area contributed by atoms with Gasteiger partial charge in [-0.25, -0.2) is 9.78 Å². The van der Waals surface area contributed by atoms with E-state index < -0.39 is 16.9 Å². The third kappa shape index (κ3) is 2.85. The summed E-state index contributed by atoms with van der Waals surface area (Å²) in [5, 5.41) is 4.29. The summed E-state index contributed by atoms with van der Waals surface area (Å²) >= 11 is 0. The van der Waals surface area contributed by atoms with Crippen LogP contribution in [0.25, 0.3) is 5.65 Å². The van der Waals surface area contributed by atoms with E-state index in [1.807, 2.05) is 6.92 Å². The van der Waals surface area contributed by atoms with Crippen molar-refractivity contribution in [3.63, 3.8) is 0 Å². The lowest BCUT2D eigenvalue weighted by Crippen LogP contribution is -2.38. The summed E-state index contributed by atoms with van der Waals surface area (Å²) in [6.45, 7) is 2.80. The molecule has 30 heavy (non-hydrogen) atoms. The van der Waals surface area contributed by atoms with Crippen LogP contribution in [0.15, 0.2) is 21.9 Å². The fraction of sp³-hybridized carbons (Fsp3) is 0.421. The minimum Gasteiger partial charge on any atom is -0.471 e. The molecule has 0 bridgehead atoms. The van der Waals surface area contributed by atoms with E-state index in [1.54, 1.807) is 11.0 Å². The molecule has 0 aromatic carbocycles. The van der Waals surface area contributed by atoms with Crippen LogP contribution in [-0.4, -0.2) is 54.1 Å². The first kappa shape index (κ1) is 18.4. The number of hydrogen-bond donors (Lipinski definition) is 3. The van der Waals surface area contributed by atoms with E-state index in [4.69, 9.17) is 10.5 Å². The fourth-order valence-corrected chi connectivity index (χ4v) is 4.36. The van der Waals surface area contributed by atoms with Gasteiger partial charge in [0.15, 0.2) is 5.65 Å². The zero-order valence-corrected chi connectivity index (χ0v) is 16.4. The Kier molecular flexibility index (Phi) is 3.95. The second-order valence-corrected chi connectivity index (χ2v) is 7.94. The topological polar surface area (TPSA) is 151 Å². The largest absolute Gasteiger partial charge is 0.471 e. The van der Waals surface area contributed by atoms with Gasteiger partial charge in [-0.1, -0.05) is 0 Å². The molecule has 4 N–H and O–H groups in total. The van der Waals surface area contributed by atoms with Crippen LogP contribution < -0.4 is 21.7 Å². The predicted molar refractivity (Wildman–Crippen MR) is 107 cm³/mol. The summed E-state index contributed by atoms with van der Waals surface area (Å²) in [6, 6.07) is 1.79. The van der Waals surface area contributed by atoms with Gasteiger partial charge in [0.2, 0.25) is 5.88 Å². The van der Waals surface area contributed by atoms with Gasteiger partial charge in [-0.05, 0) is 19.8 Å². The minimum atomic E-state index is -0.610. The van der Waals surface area contributed by atoms with E-state index >= 15 is 0 Å². The number of carbonyl (C=O) groups is 1. The highest BCUT2D eigenvalue weighted by Gasteiger charge is 2.43. The summed E-state index contributed by atoms with van der Waals surface area (Å²) in [5.41, 5.74) is 6.68. The van der Waals surface area contributed by atoms with Crippen molar-refractivity contribution in [1.82, 2.24) is 29.5 Å². The molecule has 0 saturated carbocycles. The average molecular weight is 411 g/mol. The maximum atomic E-state index is 13.2. The summed E-state index contributed by atoms with van der Waals surface area (Å²) in [6.07, 6.45) is 3.78. The molecule has 1 saturated heterocycles. The summed E-state index contributed by atoms with van der Waals surface area (Å²) in [7, 11) is 0. The minimum absolute atomic E-state index is 0.214. The summed E-state index contributed by atoms with van der Waals surface area (Å²) in [5.74, 6) is 0.274. The van der Waals surface area contributed by atoms with Gasteiger partial charge in [0.1, 0.15) is 17.0 Å². The number of nitrogens with zero attached hydrogens (tertiary/aromatic N) is 4. The number of amides is 1. The Balaban J connectivity index is 1.38. The lowest BCUT2D eigenvalue weighted by molar-refractivity contribution is 0.0658. The highest BCUT2D eigenvalue weighted by atomic mass is 16.5. The first-order valence-electron chi connectivity index (χ1n) is 9.80. The molecule has 0 aliphatic carbocycles. The molecule has 1 spiro atoms. The molecule has 11 nitrogen and oxygen atoms in total. The van der Waals surface area contributed by atoms with Crippen LogP contribution in [0.2, 0.25) is 0 Å². The van der Waals surface area contributed by atoms with Crippen LogP contribution in [0.4, 0.5) is 5.82 Å². The number of H-pyrrole nitrogens is 2. The predicted octanol–water partition coefficient (Wildman–Crippen LogP) is -0.00348. The zero-order valence-electron chi connectivity index (χ0n) is 16.4. The van der Waals surface area contributed by atoms with E-state index in [0.717, 1.165) is 5.69 Å². The fourth-order valence-electron chi connectivity index (χ4n) is 4.36. The van der Waals surface area contributed by atoms with Gasteiger partial charge in [0, 0.05) is 38.2 Å². The lowest BCUT2D eigenvalue weighted by Gasteiger charge is -2.27. The molecular weight excluding hydrogens is 390 g/mol. The second-order valence-electron chi connectivity index (χ2n) is 7.94. The number of rotatable bonds is 1. The highest BCUT2D eigenvalue weighted by molar-refractivity contribution is 5.98. The van der Waals surface area contributed by atoms with E-state index in [0.29, 0.717) is 55.5 Å². The van der Waals surface area contributed by atoms with Crippen molar-refractivity contribution in [1.29, 1.82) is 0 Å². The van der Waals surface area contributed by atoms with Crippen molar-refractivity contribution in [3.05, 3.63) is 49.9 Å². The zero-order chi connectivity index (χ0) is 21.0. The van der Waals surface area contributed by atoms with E-state index in [1.165, 1.54) is 10.7 Å². The first-order valence-corrected chi connectivity index (χ1v) is 9.80. The maximum Gasteiger partial charge on any atom is 0.328 e. The van der Waals surface area contributed by atoms with Crippen molar-refractivity contribution in [2.75, 3.05) is 18.8 Å². The standard InChI is InChI=1S/C19H21N7O4/c1-10-7-13-21-9-12(14(20)26(13)24-10)17(28)25-5-2-3-19(4-6-25)8-11-15(27)22-18(29)23-16(11)30-19/h7,9H,2-6,8,20H2,1H3,(H2,22,23,27,29). The van der Waals surface area contributed by atoms with E-state index in [9.17, 15) is 14.4 Å². The number of anilines is 1. The molecule has 1 fully saturated rings. The van der Waals surface area contributed by atoms with Gasteiger partial charge in [-0.2, -0.15) is 9.61 Å². The van der Waals surface area contributed by atoms with Crippen LogP contribution in [0.5, 0.6) is 5.88 Å². The highest BCUT2D eigenvalue weighted by Crippen LogP contribution is 2.38. The molecule has 3 aromatic heterocycles. The number of fused-ring (bicyclic) bond motifs is 2. The third-order valence-electron chi connectivity index (χ3n) is 5.88. The number of carbonyl (C=O) groups excluding carboxylic acids is 1. The molecule has 5 heterocycles. The smallest absolute Gasteiger partial charge is 0.328 e. The SMILES string of the molecule is Cc1cc2ncc(C(=O)N3CCCC4(CC3)Cc3c([nH]c(=O)[nH]c3=O)O4)c(N)n2n1. The Morgan fingerprint density at radius 2 is 2.10 bits per heavy atom. The monoisotopic (exact) mass is 411 g/mol. The maximum absolute atomic E-state index is 13.2. The molecule has 1 amide bonds. The van der Waals surface area contributed by atoms with Gasteiger partial charge in [-0.15, -0.1) is 0 Å². The molecular formula is C19H21N7O4.